The number of amides is 1. The van der Waals surface area contributed by atoms with Gasteiger partial charge in [0.05, 0.1) is 5.75 Å². The third-order valence-electron chi connectivity index (χ3n) is 3.95. The molecule has 124 valence electrons. The first-order valence-electron chi connectivity index (χ1n) is 7.92. The number of hydrogen-bond donors (Lipinski definition) is 1. The lowest BCUT2D eigenvalue weighted by atomic mass is 10.1. The number of sulfonamides is 1. The first-order chi connectivity index (χ1) is 10.5. The highest BCUT2D eigenvalue weighted by Crippen LogP contribution is 2.20. The van der Waals surface area contributed by atoms with Gasteiger partial charge in [0.15, 0.2) is 0 Å². The summed E-state index contributed by atoms with van der Waals surface area (Å²) in [6.45, 7) is 3.69. The minimum atomic E-state index is -3.26. The average molecular weight is 327 g/mol. The summed E-state index contributed by atoms with van der Waals surface area (Å²) in [5, 5.41) is 2.88. The zero-order valence-electron chi connectivity index (χ0n) is 13.1. The van der Waals surface area contributed by atoms with Crippen LogP contribution in [0.4, 0.5) is 0 Å². The first kappa shape index (κ1) is 17.0. The molecule has 1 aromatic rings. The van der Waals surface area contributed by atoms with Gasteiger partial charge in [0, 0.05) is 32.0 Å². The summed E-state index contributed by atoms with van der Waals surface area (Å²) in [4.78, 5) is 12.4. The molecule has 1 N–H and O–H groups in total. The molecule has 0 saturated carbocycles. The predicted molar refractivity (Wildman–Crippen MR) is 85.9 cm³/mol. The number of nitrogens with zero attached hydrogens (tertiary/aromatic N) is 2. The van der Waals surface area contributed by atoms with Crippen LogP contribution >= 0.6 is 0 Å². The topological polar surface area (TPSA) is 71.4 Å². The molecule has 1 fully saturated rings. The quantitative estimate of drug-likeness (QED) is 0.780. The van der Waals surface area contributed by atoms with Gasteiger partial charge in [0.2, 0.25) is 15.9 Å². The molecule has 2 rings (SSSR count). The third kappa shape index (κ3) is 4.33. The van der Waals surface area contributed by atoms with Crippen molar-refractivity contribution in [2.45, 2.75) is 45.2 Å². The number of carbonyl (C=O) groups is 1. The average Bonchev–Trinajstić information content (AvgIpc) is 3.09. The molecule has 1 saturated heterocycles. The molecule has 0 spiro atoms. The maximum absolute atomic E-state index is 12.4. The largest absolute Gasteiger partial charge is 0.353 e. The number of carbonyl (C=O) groups excluding carboxylic acids is 1. The summed E-state index contributed by atoms with van der Waals surface area (Å²) in [6, 6.07) is 3.31. The molecule has 0 bridgehead atoms. The van der Waals surface area contributed by atoms with Crippen LogP contribution in [0.15, 0.2) is 24.5 Å². The smallest absolute Gasteiger partial charge is 0.238 e. The Hall–Kier alpha value is -1.34. The first-order valence-corrected chi connectivity index (χ1v) is 9.53. The Morgan fingerprint density at radius 1 is 1.32 bits per heavy atom. The lowest BCUT2D eigenvalue weighted by Gasteiger charge is -2.25. The Kier molecular flexibility index (Phi) is 6.02. The van der Waals surface area contributed by atoms with Gasteiger partial charge in [-0.3, -0.25) is 4.79 Å². The minimum Gasteiger partial charge on any atom is -0.353 e. The highest BCUT2D eigenvalue weighted by atomic mass is 32.2. The van der Waals surface area contributed by atoms with E-state index in [-0.39, 0.29) is 11.7 Å². The van der Waals surface area contributed by atoms with Gasteiger partial charge in [0.25, 0.3) is 0 Å². The van der Waals surface area contributed by atoms with Crippen molar-refractivity contribution < 1.29 is 13.2 Å². The van der Waals surface area contributed by atoms with Crippen LogP contribution in [0.1, 0.15) is 32.6 Å². The van der Waals surface area contributed by atoms with Crippen LogP contribution in [-0.2, 0) is 21.4 Å². The Bertz CT molecular complexity index is 569. The van der Waals surface area contributed by atoms with E-state index in [2.05, 4.69) is 5.32 Å². The van der Waals surface area contributed by atoms with Crippen molar-refractivity contribution in [1.82, 2.24) is 14.2 Å². The molecule has 1 atom stereocenters. The van der Waals surface area contributed by atoms with E-state index < -0.39 is 16.1 Å². The number of unbranched alkanes of at least 4 members (excludes halogenated alkanes) is 1. The molecule has 1 aromatic heterocycles. The number of nitrogens with one attached hydrogen (secondary N) is 1. The van der Waals surface area contributed by atoms with Crippen LogP contribution in [0.5, 0.6) is 0 Å². The van der Waals surface area contributed by atoms with Crippen LogP contribution in [0.25, 0.3) is 0 Å². The van der Waals surface area contributed by atoms with E-state index in [0.717, 1.165) is 12.8 Å². The molecule has 1 unspecified atom stereocenters. The normalized spacial score (nSPS) is 19.1. The standard InChI is InChI=1S/C15H25N3O3S/c1-2-3-7-14(18-11-6-13-22(18,20)21)15(19)16-8-12-17-9-4-5-10-17/h4-5,9-10,14H,2-3,6-8,11-13H2,1H3,(H,16,19). The molecular weight excluding hydrogens is 302 g/mol. The Morgan fingerprint density at radius 2 is 2.05 bits per heavy atom. The molecule has 1 aliphatic heterocycles. The van der Waals surface area contributed by atoms with E-state index in [1.807, 2.05) is 36.0 Å². The number of hydrogen-bond acceptors (Lipinski definition) is 3. The molecule has 7 heteroatoms. The Morgan fingerprint density at radius 3 is 2.64 bits per heavy atom. The molecule has 1 aliphatic rings. The van der Waals surface area contributed by atoms with Gasteiger partial charge in [-0.1, -0.05) is 19.8 Å². The lowest BCUT2D eigenvalue weighted by molar-refractivity contribution is -0.125. The number of aromatic nitrogens is 1. The van der Waals surface area contributed by atoms with E-state index in [1.165, 1.54) is 4.31 Å². The van der Waals surface area contributed by atoms with Gasteiger partial charge in [0.1, 0.15) is 6.04 Å². The van der Waals surface area contributed by atoms with Crippen molar-refractivity contribution in [1.29, 1.82) is 0 Å². The second kappa shape index (κ2) is 7.78. The van der Waals surface area contributed by atoms with Crippen LogP contribution in [0, 0.1) is 0 Å². The summed E-state index contributed by atoms with van der Waals surface area (Å²) in [6.07, 6.45) is 6.87. The molecule has 22 heavy (non-hydrogen) atoms. The van der Waals surface area contributed by atoms with E-state index >= 15 is 0 Å². The van der Waals surface area contributed by atoms with E-state index in [9.17, 15) is 13.2 Å². The highest BCUT2D eigenvalue weighted by molar-refractivity contribution is 7.89. The lowest BCUT2D eigenvalue weighted by Crippen LogP contribution is -2.48. The van der Waals surface area contributed by atoms with Crippen molar-refractivity contribution in [3.8, 4) is 0 Å². The number of rotatable bonds is 8. The second-order valence-electron chi connectivity index (χ2n) is 5.65. The fraction of sp³-hybridized carbons (Fsp3) is 0.667. The van der Waals surface area contributed by atoms with Crippen LogP contribution in [-0.4, -0.2) is 48.1 Å². The molecule has 0 radical (unpaired) electrons. The van der Waals surface area contributed by atoms with Crippen molar-refractivity contribution >= 4 is 15.9 Å². The Balaban J connectivity index is 1.93. The predicted octanol–water partition coefficient (Wildman–Crippen LogP) is 1.20. The van der Waals surface area contributed by atoms with Crippen LogP contribution in [0.2, 0.25) is 0 Å². The third-order valence-corrected chi connectivity index (χ3v) is 5.91. The maximum Gasteiger partial charge on any atom is 0.238 e. The van der Waals surface area contributed by atoms with E-state index in [0.29, 0.717) is 32.5 Å². The van der Waals surface area contributed by atoms with Crippen molar-refractivity contribution in [2.75, 3.05) is 18.8 Å². The molecular formula is C15H25N3O3S. The molecule has 1 amide bonds. The zero-order valence-corrected chi connectivity index (χ0v) is 13.9. The summed E-state index contributed by atoms with van der Waals surface area (Å²) < 4.78 is 27.5. The Labute approximate surface area is 132 Å². The van der Waals surface area contributed by atoms with Crippen molar-refractivity contribution in [2.24, 2.45) is 0 Å². The van der Waals surface area contributed by atoms with Crippen LogP contribution < -0.4 is 5.32 Å². The summed E-state index contributed by atoms with van der Waals surface area (Å²) in [5.74, 6) is -0.0159. The van der Waals surface area contributed by atoms with Gasteiger partial charge in [-0.2, -0.15) is 4.31 Å². The summed E-state index contributed by atoms with van der Waals surface area (Å²) in [5.41, 5.74) is 0. The highest BCUT2D eigenvalue weighted by Gasteiger charge is 2.37. The van der Waals surface area contributed by atoms with E-state index in [4.69, 9.17) is 0 Å². The minimum absolute atomic E-state index is 0.159. The summed E-state index contributed by atoms with van der Waals surface area (Å²) in [7, 11) is -3.26. The van der Waals surface area contributed by atoms with Gasteiger partial charge >= 0.3 is 0 Å². The van der Waals surface area contributed by atoms with Gasteiger partial charge in [-0.25, -0.2) is 8.42 Å². The molecule has 6 nitrogen and oxygen atoms in total. The second-order valence-corrected chi connectivity index (χ2v) is 7.69. The summed E-state index contributed by atoms with van der Waals surface area (Å²) >= 11 is 0. The van der Waals surface area contributed by atoms with E-state index in [1.54, 1.807) is 0 Å². The van der Waals surface area contributed by atoms with Gasteiger partial charge in [-0.15, -0.1) is 0 Å². The van der Waals surface area contributed by atoms with Crippen molar-refractivity contribution in [3.63, 3.8) is 0 Å². The fourth-order valence-corrected chi connectivity index (χ4v) is 4.48. The van der Waals surface area contributed by atoms with Gasteiger partial charge in [-0.05, 0) is 25.0 Å². The van der Waals surface area contributed by atoms with Crippen molar-refractivity contribution in [3.05, 3.63) is 24.5 Å². The molecule has 0 aromatic carbocycles. The SMILES string of the molecule is CCCCC(C(=O)NCCn1cccc1)N1CCCS1(=O)=O. The van der Waals surface area contributed by atoms with Gasteiger partial charge < -0.3 is 9.88 Å². The zero-order chi connectivity index (χ0) is 16.0. The maximum atomic E-state index is 12.4. The van der Waals surface area contributed by atoms with Crippen LogP contribution in [0.3, 0.4) is 0 Å². The molecule has 2 heterocycles. The monoisotopic (exact) mass is 327 g/mol. The molecule has 0 aliphatic carbocycles. The fourth-order valence-electron chi connectivity index (χ4n) is 2.76.